The van der Waals surface area contributed by atoms with Crippen LogP contribution in [0.5, 0.6) is 5.75 Å². The first-order chi connectivity index (χ1) is 14.5. The minimum absolute atomic E-state index is 0.121. The number of aromatic carboxylic acids is 1. The number of carboxylic acid groups (broad SMARTS) is 1. The van der Waals surface area contributed by atoms with Crippen LogP contribution in [0, 0.1) is 5.92 Å². The van der Waals surface area contributed by atoms with Crippen molar-refractivity contribution in [1.82, 2.24) is 9.29 Å². The summed E-state index contributed by atoms with van der Waals surface area (Å²) in [4.78, 5) is 25.5. The topological polar surface area (TPSA) is 80.6 Å². The second-order valence-corrected chi connectivity index (χ2v) is 7.88. The first kappa shape index (κ1) is 21.7. The zero-order valence-electron chi connectivity index (χ0n) is 16.9. The van der Waals surface area contributed by atoms with Crippen molar-refractivity contribution in [1.29, 1.82) is 0 Å². The third-order valence-corrected chi connectivity index (χ3v) is 5.41. The van der Waals surface area contributed by atoms with Gasteiger partial charge >= 0.3 is 5.97 Å². The van der Waals surface area contributed by atoms with E-state index in [4.69, 9.17) is 4.74 Å². The summed E-state index contributed by atoms with van der Waals surface area (Å²) < 4.78 is 10.3. The molecule has 2 aromatic rings. The number of benzene rings is 1. The Balaban J connectivity index is 1.75. The Morgan fingerprint density at radius 1 is 1.27 bits per heavy atom. The molecule has 7 heteroatoms. The number of hydrogen-bond acceptors (Lipinski definition) is 5. The number of nitrogens with one attached hydrogen (secondary N) is 1. The summed E-state index contributed by atoms with van der Waals surface area (Å²) in [7, 11) is 1.62. The van der Waals surface area contributed by atoms with Gasteiger partial charge in [0.05, 0.1) is 0 Å². The number of nitrogens with zero attached hydrogens (tertiary/aromatic N) is 1. The molecule has 1 aromatic carbocycles. The second-order valence-electron chi connectivity index (χ2n) is 6.91. The van der Waals surface area contributed by atoms with E-state index in [1.54, 1.807) is 7.05 Å². The molecule has 0 aliphatic heterocycles. The molecule has 156 valence electrons. The molecule has 30 heavy (non-hydrogen) atoms. The molecule has 1 heterocycles. The summed E-state index contributed by atoms with van der Waals surface area (Å²) in [5.74, 6) is -0.985. The van der Waals surface area contributed by atoms with Gasteiger partial charge in [-0.25, -0.2) is 4.79 Å². The lowest BCUT2D eigenvalue weighted by atomic mass is 10.2. The van der Waals surface area contributed by atoms with E-state index in [0.717, 1.165) is 10.5 Å². The zero-order chi connectivity index (χ0) is 21.5. The number of pyridine rings is 1. The molecule has 1 atom stereocenters. The Kier molecular flexibility index (Phi) is 7.32. The van der Waals surface area contributed by atoms with Crippen LogP contribution in [-0.4, -0.2) is 15.6 Å². The standard InChI is InChI=1S/C23H24N2O4S/c1-16-7-6-10-19(12-11-16)30-24-14-18-13-20(26)22(21(23(27)28)25(18)2)29-15-17-8-4-3-5-9-17/h3-13,16,24H,14-15H2,1-2H3,(H,27,28). The van der Waals surface area contributed by atoms with Gasteiger partial charge in [0.25, 0.3) is 0 Å². The molecule has 0 amide bonds. The van der Waals surface area contributed by atoms with Gasteiger partial charge in [0.15, 0.2) is 11.4 Å². The van der Waals surface area contributed by atoms with Gasteiger partial charge in [0.2, 0.25) is 5.43 Å². The van der Waals surface area contributed by atoms with Crippen LogP contribution in [0.1, 0.15) is 28.7 Å². The molecule has 0 saturated carbocycles. The number of rotatable bonds is 8. The minimum Gasteiger partial charge on any atom is -0.482 e. The normalized spacial score (nSPS) is 15.5. The van der Waals surface area contributed by atoms with Gasteiger partial charge in [-0.2, -0.15) is 0 Å². The minimum atomic E-state index is -1.21. The van der Waals surface area contributed by atoms with Crippen LogP contribution in [0.2, 0.25) is 0 Å². The quantitative estimate of drug-likeness (QED) is 0.623. The van der Waals surface area contributed by atoms with E-state index < -0.39 is 11.4 Å². The third kappa shape index (κ3) is 5.52. The van der Waals surface area contributed by atoms with Crippen molar-refractivity contribution in [2.45, 2.75) is 20.1 Å². The van der Waals surface area contributed by atoms with E-state index in [0.29, 0.717) is 18.2 Å². The molecule has 3 rings (SSSR count). The molecule has 1 aliphatic carbocycles. The fourth-order valence-corrected chi connectivity index (χ4v) is 3.64. The predicted octanol–water partition coefficient (Wildman–Crippen LogP) is 4.05. The summed E-state index contributed by atoms with van der Waals surface area (Å²) in [6.45, 7) is 2.54. The van der Waals surface area contributed by atoms with E-state index >= 15 is 0 Å². The molecule has 1 unspecified atom stereocenters. The molecule has 0 spiro atoms. The van der Waals surface area contributed by atoms with Crippen molar-refractivity contribution >= 4 is 17.9 Å². The highest BCUT2D eigenvalue weighted by molar-refractivity contribution is 8.01. The summed E-state index contributed by atoms with van der Waals surface area (Å²) >= 11 is 1.43. The third-order valence-electron chi connectivity index (χ3n) is 4.61. The number of ether oxygens (including phenoxy) is 1. The highest BCUT2D eigenvalue weighted by atomic mass is 32.2. The average molecular weight is 425 g/mol. The van der Waals surface area contributed by atoms with Crippen molar-refractivity contribution in [2.75, 3.05) is 0 Å². The molecule has 0 saturated heterocycles. The van der Waals surface area contributed by atoms with Crippen molar-refractivity contribution in [3.05, 3.63) is 98.9 Å². The fourth-order valence-electron chi connectivity index (χ4n) is 2.96. The highest BCUT2D eigenvalue weighted by Gasteiger charge is 2.21. The lowest BCUT2D eigenvalue weighted by Gasteiger charge is -2.16. The van der Waals surface area contributed by atoms with E-state index in [9.17, 15) is 14.7 Å². The van der Waals surface area contributed by atoms with Gasteiger partial charge in [0.1, 0.15) is 6.61 Å². The van der Waals surface area contributed by atoms with E-state index in [2.05, 4.69) is 23.8 Å². The van der Waals surface area contributed by atoms with Crippen LogP contribution in [0.3, 0.4) is 0 Å². The summed E-state index contributed by atoms with van der Waals surface area (Å²) in [5, 5.41) is 9.69. The molecule has 1 aliphatic rings. The van der Waals surface area contributed by atoms with Crippen LogP contribution in [0.4, 0.5) is 0 Å². The SMILES string of the molecule is CC1C=CC=C(SNCc2cc(=O)c(OCc3ccccc3)c(C(=O)O)n2C)C=C1. The lowest BCUT2D eigenvalue weighted by molar-refractivity contribution is 0.0678. The first-order valence-electron chi connectivity index (χ1n) is 9.55. The van der Waals surface area contributed by atoms with Gasteiger partial charge in [-0.05, 0) is 29.5 Å². The molecule has 1 aromatic heterocycles. The van der Waals surface area contributed by atoms with Gasteiger partial charge < -0.3 is 14.4 Å². The van der Waals surface area contributed by atoms with Gasteiger partial charge in [-0.15, -0.1) is 0 Å². The number of carbonyl (C=O) groups is 1. The molecule has 6 nitrogen and oxygen atoms in total. The Hall–Kier alpha value is -3.03. The number of hydrogen-bond donors (Lipinski definition) is 2. The van der Waals surface area contributed by atoms with E-state index in [1.807, 2.05) is 48.6 Å². The average Bonchev–Trinajstić information content (AvgIpc) is 2.93. The second kappa shape index (κ2) is 10.1. The van der Waals surface area contributed by atoms with Crippen LogP contribution in [0.25, 0.3) is 0 Å². The number of carboxylic acids is 1. The van der Waals surface area contributed by atoms with Crippen molar-refractivity contribution in [3.8, 4) is 5.75 Å². The Morgan fingerprint density at radius 3 is 2.77 bits per heavy atom. The molecule has 2 N–H and O–H groups in total. The predicted molar refractivity (Wildman–Crippen MR) is 119 cm³/mol. The van der Waals surface area contributed by atoms with Crippen LogP contribution < -0.4 is 14.9 Å². The number of aromatic nitrogens is 1. The van der Waals surface area contributed by atoms with E-state index in [-0.39, 0.29) is 18.1 Å². The summed E-state index contributed by atoms with van der Waals surface area (Å²) in [5.41, 5.74) is 0.796. The molecular formula is C23H24N2O4S. The van der Waals surface area contributed by atoms with Gasteiger partial charge in [0, 0.05) is 30.3 Å². The zero-order valence-corrected chi connectivity index (χ0v) is 17.7. The molecule has 0 radical (unpaired) electrons. The van der Waals surface area contributed by atoms with Crippen LogP contribution >= 0.6 is 11.9 Å². The first-order valence-corrected chi connectivity index (χ1v) is 10.4. The van der Waals surface area contributed by atoms with Crippen molar-refractivity contribution in [3.63, 3.8) is 0 Å². The maximum Gasteiger partial charge on any atom is 0.356 e. The van der Waals surface area contributed by atoms with Gasteiger partial charge in [-0.1, -0.05) is 61.6 Å². The Morgan fingerprint density at radius 2 is 2.03 bits per heavy atom. The fraction of sp³-hybridized carbons (Fsp3) is 0.217. The van der Waals surface area contributed by atoms with Gasteiger partial charge in [-0.3, -0.25) is 9.52 Å². The largest absolute Gasteiger partial charge is 0.482 e. The smallest absolute Gasteiger partial charge is 0.356 e. The molecule has 0 fully saturated rings. The molecule has 0 bridgehead atoms. The van der Waals surface area contributed by atoms with Crippen LogP contribution in [-0.2, 0) is 20.2 Å². The van der Waals surface area contributed by atoms with Crippen molar-refractivity contribution in [2.24, 2.45) is 13.0 Å². The maximum atomic E-state index is 12.6. The van der Waals surface area contributed by atoms with Crippen LogP contribution in [0.15, 0.2) is 76.5 Å². The Labute approximate surface area is 179 Å². The highest BCUT2D eigenvalue weighted by Crippen LogP contribution is 2.20. The van der Waals surface area contributed by atoms with Crippen molar-refractivity contribution < 1.29 is 14.6 Å². The van der Waals surface area contributed by atoms with E-state index in [1.165, 1.54) is 22.6 Å². The monoisotopic (exact) mass is 424 g/mol. The molecular weight excluding hydrogens is 400 g/mol. The Bertz CT molecular complexity index is 1050. The summed E-state index contributed by atoms with van der Waals surface area (Å²) in [6.07, 6.45) is 10.2. The maximum absolute atomic E-state index is 12.6. The summed E-state index contributed by atoms with van der Waals surface area (Å²) in [6, 6.07) is 10.7. The number of allylic oxidation sites excluding steroid dienone is 5. The lowest BCUT2D eigenvalue weighted by Crippen LogP contribution is -2.24.